The number of aliphatic carboxylic acids is 1. The molecule has 3 rings (SSSR count). The molecule has 1 aliphatic rings. The first-order valence-corrected chi connectivity index (χ1v) is 10.1. The molecule has 5 nitrogen and oxygen atoms in total. The minimum absolute atomic E-state index is 0.305. The van der Waals surface area contributed by atoms with Crippen LogP contribution in [0, 0.1) is 0 Å². The Morgan fingerprint density at radius 1 is 1.21 bits per heavy atom. The number of likely N-dealkylation sites (tertiary alicyclic amines) is 1. The Morgan fingerprint density at radius 2 is 2.00 bits per heavy atom. The lowest BCUT2D eigenvalue weighted by Gasteiger charge is -2.32. The molecule has 0 radical (unpaired) electrons. The van der Waals surface area contributed by atoms with Gasteiger partial charge in [0.1, 0.15) is 11.8 Å². The number of hydrogen-bond acceptors (Lipinski definition) is 3. The average molecular weight is 414 g/mol. The lowest BCUT2D eigenvalue weighted by Crippen LogP contribution is -2.47. The van der Waals surface area contributed by atoms with Crippen LogP contribution in [0.5, 0.6) is 5.75 Å². The van der Waals surface area contributed by atoms with Crippen molar-refractivity contribution in [3.05, 3.63) is 59.1 Å². The van der Waals surface area contributed by atoms with E-state index in [0.717, 1.165) is 29.5 Å². The number of carbonyl (C=O) groups is 2. The summed E-state index contributed by atoms with van der Waals surface area (Å²) in [5.74, 6) is -0.548. The highest BCUT2D eigenvalue weighted by Crippen LogP contribution is 2.38. The van der Waals surface area contributed by atoms with Gasteiger partial charge in [0, 0.05) is 28.8 Å². The van der Waals surface area contributed by atoms with Gasteiger partial charge in [0.25, 0.3) is 0 Å². The summed E-state index contributed by atoms with van der Waals surface area (Å²) >= 11 is 6.50. The van der Waals surface area contributed by atoms with Crippen LogP contribution in [-0.4, -0.2) is 41.1 Å². The van der Waals surface area contributed by atoms with E-state index < -0.39 is 12.0 Å². The van der Waals surface area contributed by atoms with E-state index in [9.17, 15) is 14.7 Å². The molecule has 2 aromatic carbocycles. The minimum Gasteiger partial charge on any atom is -0.493 e. The maximum atomic E-state index is 12.7. The van der Waals surface area contributed by atoms with Crippen molar-refractivity contribution in [3.63, 3.8) is 0 Å². The van der Waals surface area contributed by atoms with Crippen molar-refractivity contribution in [1.82, 2.24) is 4.90 Å². The largest absolute Gasteiger partial charge is 0.493 e. The van der Waals surface area contributed by atoms with E-state index in [1.165, 1.54) is 11.0 Å². The summed E-state index contributed by atoms with van der Waals surface area (Å²) in [6, 6.07) is 12.3. The van der Waals surface area contributed by atoms with Gasteiger partial charge in [-0.3, -0.25) is 4.79 Å². The Labute approximate surface area is 175 Å². The number of carboxylic acids is 1. The standard InChI is InChI=1S/C23H24ClNO4/c1-2-29-20-12-4-3-9-17(20)22-16(8-7-10-18(22)24)13-14-21(26)25-15-6-5-11-19(25)23(27)28/h3-4,7-10,12-14,19H,2,5-6,11,15H2,1H3,(H,27,28)/b14-13+. The Kier molecular flexibility index (Phi) is 6.94. The maximum Gasteiger partial charge on any atom is 0.326 e. The topological polar surface area (TPSA) is 66.8 Å². The molecule has 1 heterocycles. The van der Waals surface area contributed by atoms with E-state index >= 15 is 0 Å². The van der Waals surface area contributed by atoms with Crippen LogP contribution >= 0.6 is 11.6 Å². The number of halogens is 1. The molecular formula is C23H24ClNO4. The van der Waals surface area contributed by atoms with Crippen molar-refractivity contribution in [3.8, 4) is 16.9 Å². The first-order valence-electron chi connectivity index (χ1n) is 9.75. The quantitative estimate of drug-likeness (QED) is 0.685. The van der Waals surface area contributed by atoms with Crippen molar-refractivity contribution in [2.75, 3.05) is 13.2 Å². The van der Waals surface area contributed by atoms with Gasteiger partial charge in [-0.25, -0.2) is 4.79 Å². The summed E-state index contributed by atoms with van der Waals surface area (Å²) in [6.07, 6.45) is 5.24. The maximum absolute atomic E-state index is 12.7. The Balaban J connectivity index is 1.94. The molecule has 1 fully saturated rings. The van der Waals surface area contributed by atoms with Gasteiger partial charge in [0.05, 0.1) is 6.61 Å². The van der Waals surface area contributed by atoms with E-state index in [0.29, 0.717) is 30.3 Å². The molecule has 1 amide bonds. The third-order valence-corrected chi connectivity index (χ3v) is 5.29. The summed E-state index contributed by atoms with van der Waals surface area (Å²) in [7, 11) is 0. The van der Waals surface area contributed by atoms with E-state index in [1.807, 2.05) is 43.3 Å². The predicted molar refractivity (Wildman–Crippen MR) is 114 cm³/mol. The number of nitrogens with zero attached hydrogens (tertiary/aromatic N) is 1. The molecule has 1 saturated heterocycles. The van der Waals surface area contributed by atoms with Crippen molar-refractivity contribution >= 4 is 29.6 Å². The van der Waals surface area contributed by atoms with Gasteiger partial charge in [-0.05, 0) is 50.0 Å². The van der Waals surface area contributed by atoms with Gasteiger partial charge in [0.2, 0.25) is 5.91 Å². The Hall–Kier alpha value is -2.79. The first kappa shape index (κ1) is 20.9. The third kappa shape index (κ3) is 4.80. The minimum atomic E-state index is -0.958. The second-order valence-electron chi connectivity index (χ2n) is 6.85. The van der Waals surface area contributed by atoms with Crippen molar-refractivity contribution in [2.45, 2.75) is 32.2 Å². The molecule has 1 aliphatic heterocycles. The molecule has 29 heavy (non-hydrogen) atoms. The summed E-state index contributed by atoms with van der Waals surface area (Å²) < 4.78 is 5.74. The second kappa shape index (κ2) is 9.61. The summed E-state index contributed by atoms with van der Waals surface area (Å²) in [5, 5.41) is 9.95. The van der Waals surface area contributed by atoms with Crippen LogP contribution in [-0.2, 0) is 9.59 Å². The SMILES string of the molecule is CCOc1ccccc1-c1c(Cl)cccc1/C=C/C(=O)N1CCCCC1C(=O)O. The van der Waals surface area contributed by atoms with Gasteiger partial charge >= 0.3 is 5.97 Å². The molecule has 1 unspecified atom stereocenters. The number of ether oxygens (including phenoxy) is 1. The molecule has 152 valence electrons. The number of para-hydroxylation sites is 1. The zero-order chi connectivity index (χ0) is 20.8. The number of carbonyl (C=O) groups excluding carboxylic acids is 1. The molecule has 6 heteroatoms. The van der Waals surface area contributed by atoms with Crippen molar-refractivity contribution < 1.29 is 19.4 Å². The number of piperidine rings is 1. The first-order chi connectivity index (χ1) is 14.0. The lowest BCUT2D eigenvalue weighted by atomic mass is 9.98. The van der Waals surface area contributed by atoms with E-state index in [2.05, 4.69) is 0 Å². The van der Waals surface area contributed by atoms with E-state index in [4.69, 9.17) is 16.3 Å². The number of benzene rings is 2. The Bertz CT molecular complexity index is 925. The van der Waals surface area contributed by atoms with Gasteiger partial charge in [-0.1, -0.05) is 41.9 Å². The van der Waals surface area contributed by atoms with Gasteiger partial charge in [-0.2, -0.15) is 0 Å². The highest BCUT2D eigenvalue weighted by atomic mass is 35.5. The van der Waals surface area contributed by atoms with Crippen LogP contribution in [0.1, 0.15) is 31.7 Å². The molecule has 0 aromatic heterocycles. The zero-order valence-corrected chi connectivity index (χ0v) is 17.1. The lowest BCUT2D eigenvalue weighted by molar-refractivity contribution is -0.150. The fourth-order valence-electron chi connectivity index (χ4n) is 3.63. The normalized spacial score (nSPS) is 16.8. The van der Waals surface area contributed by atoms with Crippen LogP contribution in [0.3, 0.4) is 0 Å². The van der Waals surface area contributed by atoms with E-state index in [1.54, 1.807) is 12.1 Å². The highest BCUT2D eigenvalue weighted by molar-refractivity contribution is 6.33. The third-order valence-electron chi connectivity index (χ3n) is 4.98. The molecule has 0 saturated carbocycles. The average Bonchev–Trinajstić information content (AvgIpc) is 2.73. The molecule has 0 aliphatic carbocycles. The number of hydrogen-bond donors (Lipinski definition) is 1. The van der Waals surface area contributed by atoms with Crippen LogP contribution in [0.15, 0.2) is 48.5 Å². The number of carboxylic acid groups (broad SMARTS) is 1. The zero-order valence-electron chi connectivity index (χ0n) is 16.3. The number of rotatable bonds is 6. The van der Waals surface area contributed by atoms with Gasteiger partial charge in [-0.15, -0.1) is 0 Å². The fraction of sp³-hybridized carbons (Fsp3) is 0.304. The van der Waals surface area contributed by atoms with Crippen LogP contribution in [0.4, 0.5) is 0 Å². The molecule has 0 bridgehead atoms. The van der Waals surface area contributed by atoms with E-state index in [-0.39, 0.29) is 5.91 Å². The Morgan fingerprint density at radius 3 is 2.76 bits per heavy atom. The fourth-order valence-corrected chi connectivity index (χ4v) is 3.91. The summed E-state index contributed by atoms with van der Waals surface area (Å²) in [4.78, 5) is 25.6. The molecule has 0 spiro atoms. The summed E-state index contributed by atoms with van der Waals surface area (Å²) in [5.41, 5.74) is 2.38. The monoisotopic (exact) mass is 413 g/mol. The molecule has 2 aromatic rings. The molecular weight excluding hydrogens is 390 g/mol. The molecule has 1 atom stereocenters. The van der Waals surface area contributed by atoms with Crippen molar-refractivity contribution in [2.24, 2.45) is 0 Å². The van der Waals surface area contributed by atoms with Crippen molar-refractivity contribution in [1.29, 1.82) is 0 Å². The number of amides is 1. The molecule has 1 N–H and O–H groups in total. The van der Waals surface area contributed by atoms with Crippen LogP contribution in [0.25, 0.3) is 17.2 Å². The van der Waals surface area contributed by atoms with Gasteiger partial charge < -0.3 is 14.7 Å². The van der Waals surface area contributed by atoms with Gasteiger partial charge in [0.15, 0.2) is 0 Å². The smallest absolute Gasteiger partial charge is 0.326 e. The van der Waals surface area contributed by atoms with Crippen LogP contribution < -0.4 is 4.74 Å². The van der Waals surface area contributed by atoms with Crippen LogP contribution in [0.2, 0.25) is 5.02 Å². The second-order valence-corrected chi connectivity index (χ2v) is 7.26. The summed E-state index contributed by atoms with van der Waals surface area (Å²) in [6.45, 7) is 2.90. The predicted octanol–water partition coefficient (Wildman–Crippen LogP) is 4.88. The highest BCUT2D eigenvalue weighted by Gasteiger charge is 2.30.